The number of halogens is 3. The van der Waals surface area contributed by atoms with E-state index in [1.807, 2.05) is 0 Å². The maximum Gasteiger partial charge on any atom is 0.213 e. The minimum Gasteiger partial charge on any atom is -0.497 e. The highest BCUT2D eigenvalue weighted by Crippen LogP contribution is 2.20. The molecule has 0 aliphatic rings. The largest absolute Gasteiger partial charge is 0.497 e. The topological polar surface area (TPSA) is 39.2 Å². The average molecular weight is 267 g/mol. The number of pyridine rings is 1. The molecular formula is C13H8F3NO2. The number of rotatable bonds is 3. The van der Waals surface area contributed by atoms with E-state index in [0.29, 0.717) is 12.3 Å². The molecule has 98 valence electrons. The lowest BCUT2D eigenvalue weighted by molar-refractivity contribution is 0.103. The van der Waals surface area contributed by atoms with Gasteiger partial charge in [0.25, 0.3) is 0 Å². The van der Waals surface area contributed by atoms with Gasteiger partial charge in [-0.15, -0.1) is 0 Å². The number of methoxy groups -OCH3 is 1. The van der Waals surface area contributed by atoms with Gasteiger partial charge in [0.2, 0.25) is 5.95 Å². The second-order valence-corrected chi connectivity index (χ2v) is 3.66. The van der Waals surface area contributed by atoms with Crippen molar-refractivity contribution < 1.29 is 22.7 Å². The number of ether oxygens (including phenoxy) is 1. The zero-order chi connectivity index (χ0) is 14.0. The Balaban J connectivity index is 2.47. The van der Waals surface area contributed by atoms with Gasteiger partial charge in [0.15, 0.2) is 11.6 Å². The quantitative estimate of drug-likeness (QED) is 0.634. The molecule has 0 aliphatic heterocycles. The molecule has 0 unspecified atom stereocenters. The summed E-state index contributed by atoms with van der Waals surface area (Å²) in [4.78, 5) is 15.0. The van der Waals surface area contributed by atoms with Crippen LogP contribution in [-0.2, 0) is 0 Å². The van der Waals surface area contributed by atoms with E-state index in [2.05, 4.69) is 4.98 Å². The molecule has 0 aliphatic carbocycles. The molecule has 0 radical (unpaired) electrons. The number of carbonyl (C=O) groups is 1. The molecule has 6 heteroatoms. The van der Waals surface area contributed by atoms with Crippen molar-refractivity contribution in [3.63, 3.8) is 0 Å². The number of hydrogen-bond acceptors (Lipinski definition) is 3. The molecule has 0 amide bonds. The van der Waals surface area contributed by atoms with E-state index in [1.165, 1.54) is 13.2 Å². The third kappa shape index (κ3) is 2.57. The van der Waals surface area contributed by atoms with E-state index in [-0.39, 0.29) is 11.3 Å². The minimum absolute atomic E-state index is 0.218. The summed E-state index contributed by atoms with van der Waals surface area (Å²) in [7, 11) is 1.34. The summed E-state index contributed by atoms with van der Waals surface area (Å²) in [6, 6.07) is 4.12. The number of ketones is 1. The van der Waals surface area contributed by atoms with Crippen LogP contribution in [0.3, 0.4) is 0 Å². The van der Waals surface area contributed by atoms with Crippen molar-refractivity contribution in [2.24, 2.45) is 0 Å². The average Bonchev–Trinajstić information content (AvgIpc) is 2.40. The molecule has 0 saturated carbocycles. The van der Waals surface area contributed by atoms with Gasteiger partial charge >= 0.3 is 0 Å². The van der Waals surface area contributed by atoms with Crippen molar-refractivity contribution in [1.29, 1.82) is 0 Å². The van der Waals surface area contributed by atoms with Crippen molar-refractivity contribution in [2.45, 2.75) is 0 Å². The van der Waals surface area contributed by atoms with Crippen LogP contribution in [0.2, 0.25) is 0 Å². The first kappa shape index (κ1) is 13.1. The Morgan fingerprint density at radius 3 is 2.47 bits per heavy atom. The lowest BCUT2D eigenvalue weighted by atomic mass is 10.0. The molecule has 0 atom stereocenters. The van der Waals surface area contributed by atoms with Gasteiger partial charge in [0.1, 0.15) is 11.6 Å². The summed E-state index contributed by atoms with van der Waals surface area (Å²) < 4.78 is 44.7. The van der Waals surface area contributed by atoms with Gasteiger partial charge in [-0.2, -0.15) is 4.39 Å². The Labute approximate surface area is 106 Å². The lowest BCUT2D eigenvalue weighted by Gasteiger charge is -2.06. The first-order chi connectivity index (χ1) is 9.02. The second kappa shape index (κ2) is 5.09. The van der Waals surface area contributed by atoms with Crippen molar-refractivity contribution >= 4 is 5.78 Å². The van der Waals surface area contributed by atoms with E-state index in [0.717, 1.165) is 12.1 Å². The smallest absolute Gasteiger partial charge is 0.213 e. The van der Waals surface area contributed by atoms with Crippen molar-refractivity contribution in [1.82, 2.24) is 4.98 Å². The van der Waals surface area contributed by atoms with Crippen LogP contribution in [0.25, 0.3) is 0 Å². The molecule has 0 N–H and O–H groups in total. The van der Waals surface area contributed by atoms with E-state index < -0.39 is 28.9 Å². The number of benzene rings is 1. The van der Waals surface area contributed by atoms with Crippen LogP contribution in [0.15, 0.2) is 30.5 Å². The molecule has 0 saturated heterocycles. The summed E-state index contributed by atoms with van der Waals surface area (Å²) in [5.74, 6) is -3.64. The molecule has 1 aromatic carbocycles. The maximum atomic E-state index is 13.7. The maximum absolute atomic E-state index is 13.7. The molecule has 1 heterocycles. The summed E-state index contributed by atoms with van der Waals surface area (Å²) in [6.45, 7) is 0. The molecule has 2 rings (SSSR count). The minimum atomic E-state index is -1.02. The fourth-order valence-corrected chi connectivity index (χ4v) is 1.54. The van der Waals surface area contributed by atoms with Gasteiger partial charge < -0.3 is 4.74 Å². The van der Waals surface area contributed by atoms with Gasteiger partial charge in [-0.3, -0.25) is 4.79 Å². The molecular weight excluding hydrogens is 259 g/mol. The molecule has 0 spiro atoms. The number of hydrogen-bond donors (Lipinski definition) is 0. The predicted molar refractivity (Wildman–Crippen MR) is 60.5 cm³/mol. The highest BCUT2D eigenvalue weighted by atomic mass is 19.1. The highest BCUT2D eigenvalue weighted by Gasteiger charge is 2.19. The summed E-state index contributed by atoms with van der Waals surface area (Å²) in [5.41, 5.74) is -0.943. The Kier molecular flexibility index (Phi) is 3.50. The van der Waals surface area contributed by atoms with Crippen LogP contribution in [0.4, 0.5) is 13.2 Å². The third-order valence-corrected chi connectivity index (χ3v) is 2.49. The summed E-state index contributed by atoms with van der Waals surface area (Å²) in [5, 5.41) is 0. The Morgan fingerprint density at radius 2 is 1.84 bits per heavy atom. The van der Waals surface area contributed by atoms with Crippen LogP contribution in [-0.4, -0.2) is 17.9 Å². The molecule has 1 aromatic heterocycles. The van der Waals surface area contributed by atoms with Crippen LogP contribution in [0.1, 0.15) is 15.9 Å². The van der Waals surface area contributed by atoms with E-state index in [9.17, 15) is 18.0 Å². The Hall–Kier alpha value is -2.37. The predicted octanol–water partition coefficient (Wildman–Crippen LogP) is 2.74. The van der Waals surface area contributed by atoms with E-state index in [4.69, 9.17) is 4.74 Å². The molecule has 3 nitrogen and oxygen atoms in total. The standard InChI is InChI=1S/C13H8F3NO2/c1-19-7-2-3-8(10(14)4-7)13(18)9-5-12(16)17-6-11(9)15/h2-6H,1H3. The second-order valence-electron chi connectivity index (χ2n) is 3.66. The lowest BCUT2D eigenvalue weighted by Crippen LogP contribution is -2.08. The van der Waals surface area contributed by atoms with Crippen molar-refractivity contribution in [3.05, 3.63) is 59.2 Å². The monoisotopic (exact) mass is 267 g/mol. The highest BCUT2D eigenvalue weighted by molar-refractivity contribution is 6.09. The van der Waals surface area contributed by atoms with Crippen LogP contribution in [0.5, 0.6) is 5.75 Å². The third-order valence-electron chi connectivity index (χ3n) is 2.49. The fourth-order valence-electron chi connectivity index (χ4n) is 1.54. The molecule has 0 fully saturated rings. The summed E-state index contributed by atoms with van der Waals surface area (Å²) in [6.07, 6.45) is 0.573. The van der Waals surface area contributed by atoms with Crippen LogP contribution >= 0.6 is 0 Å². The van der Waals surface area contributed by atoms with Crippen molar-refractivity contribution in [3.8, 4) is 5.75 Å². The number of carbonyl (C=O) groups excluding carboxylic acids is 1. The van der Waals surface area contributed by atoms with Crippen LogP contribution < -0.4 is 4.74 Å². The number of nitrogens with zero attached hydrogens (tertiary/aromatic N) is 1. The molecule has 2 aromatic rings. The fraction of sp³-hybridized carbons (Fsp3) is 0.0769. The van der Waals surface area contributed by atoms with Crippen LogP contribution in [0, 0.1) is 17.6 Å². The van der Waals surface area contributed by atoms with E-state index in [1.54, 1.807) is 0 Å². The Bertz CT molecular complexity index is 644. The van der Waals surface area contributed by atoms with Gasteiger partial charge in [-0.1, -0.05) is 0 Å². The zero-order valence-electron chi connectivity index (χ0n) is 9.78. The SMILES string of the molecule is COc1ccc(C(=O)c2cc(F)ncc2F)c(F)c1. The normalized spacial score (nSPS) is 10.3. The van der Waals surface area contributed by atoms with Crippen molar-refractivity contribution in [2.75, 3.05) is 7.11 Å². The zero-order valence-corrected chi connectivity index (χ0v) is 9.78. The summed E-state index contributed by atoms with van der Waals surface area (Å²) >= 11 is 0. The van der Waals surface area contributed by atoms with E-state index >= 15 is 0 Å². The Morgan fingerprint density at radius 1 is 1.11 bits per heavy atom. The van der Waals surface area contributed by atoms with Gasteiger partial charge in [0.05, 0.1) is 24.4 Å². The molecule has 0 bridgehead atoms. The van der Waals surface area contributed by atoms with Gasteiger partial charge in [-0.25, -0.2) is 13.8 Å². The first-order valence-corrected chi connectivity index (χ1v) is 5.22. The molecule has 19 heavy (non-hydrogen) atoms. The first-order valence-electron chi connectivity index (χ1n) is 5.22. The van der Waals surface area contributed by atoms with Gasteiger partial charge in [0, 0.05) is 12.1 Å². The number of aromatic nitrogens is 1. The van der Waals surface area contributed by atoms with Gasteiger partial charge in [-0.05, 0) is 12.1 Å².